The maximum absolute atomic E-state index is 6.02. The highest BCUT2D eigenvalue weighted by atomic mass is 79.9. The zero-order valence-electron chi connectivity index (χ0n) is 11.0. The third-order valence-corrected chi connectivity index (χ3v) is 6.53. The van der Waals surface area contributed by atoms with E-state index < -0.39 is 0 Å². The van der Waals surface area contributed by atoms with Gasteiger partial charge < -0.3 is 4.74 Å². The summed E-state index contributed by atoms with van der Waals surface area (Å²) in [4.78, 5) is 0. The first-order valence-corrected chi connectivity index (χ1v) is 9.66. The summed E-state index contributed by atoms with van der Waals surface area (Å²) in [5.74, 6) is 0. The van der Waals surface area contributed by atoms with Gasteiger partial charge in [-0.3, -0.25) is 0 Å². The summed E-state index contributed by atoms with van der Waals surface area (Å²) < 4.78 is 7.15. The molecule has 1 aliphatic rings. The van der Waals surface area contributed by atoms with E-state index in [2.05, 4.69) is 79.0 Å². The molecule has 1 aliphatic heterocycles. The molecule has 1 saturated heterocycles. The van der Waals surface area contributed by atoms with Gasteiger partial charge in [0.15, 0.2) is 0 Å². The molecule has 0 N–H and O–H groups in total. The Bertz CT molecular complexity index is 418. The van der Waals surface area contributed by atoms with Crippen LogP contribution in [0.4, 0.5) is 0 Å². The largest absolute Gasteiger partial charge is 0.375 e. The van der Waals surface area contributed by atoms with Gasteiger partial charge >= 0.3 is 0 Å². The molecule has 0 aliphatic carbocycles. The molecule has 0 radical (unpaired) electrons. The molecular weight excluding hydrogens is 436 g/mol. The minimum absolute atomic E-state index is 0.0957. The molecule has 0 amide bonds. The Morgan fingerprint density at radius 1 is 1.26 bits per heavy atom. The van der Waals surface area contributed by atoms with Crippen molar-refractivity contribution < 1.29 is 4.74 Å². The summed E-state index contributed by atoms with van der Waals surface area (Å²) in [5.41, 5.74) is 1.46. The number of benzene rings is 1. The summed E-state index contributed by atoms with van der Waals surface area (Å²) in [7, 11) is 0. The van der Waals surface area contributed by atoms with E-state index in [0.29, 0.717) is 12.2 Å². The molecular formula is C15H19Br3O. The molecule has 0 bridgehead atoms. The third-order valence-electron chi connectivity index (χ3n) is 3.89. The normalized spacial score (nSPS) is 23.8. The Kier molecular flexibility index (Phi) is 5.94. The van der Waals surface area contributed by atoms with Crippen LogP contribution in [0.5, 0.6) is 0 Å². The molecule has 4 heteroatoms. The lowest BCUT2D eigenvalue weighted by atomic mass is 9.79. The van der Waals surface area contributed by atoms with Crippen LogP contribution >= 0.6 is 47.8 Å². The van der Waals surface area contributed by atoms with Gasteiger partial charge in [0, 0.05) is 20.5 Å². The molecule has 2 rings (SSSR count). The fourth-order valence-corrected chi connectivity index (χ4v) is 5.14. The van der Waals surface area contributed by atoms with E-state index in [4.69, 9.17) is 4.74 Å². The fourth-order valence-electron chi connectivity index (χ4n) is 2.71. The third kappa shape index (κ3) is 3.84. The van der Waals surface area contributed by atoms with Crippen LogP contribution in [0.1, 0.15) is 31.7 Å². The van der Waals surface area contributed by atoms with Crippen molar-refractivity contribution in [1.29, 1.82) is 0 Å². The summed E-state index contributed by atoms with van der Waals surface area (Å²) in [5, 5.41) is 1.88. The Morgan fingerprint density at radius 2 is 2.00 bits per heavy atom. The average Bonchev–Trinajstić information content (AvgIpc) is 2.81. The maximum Gasteiger partial charge on any atom is 0.0588 e. The van der Waals surface area contributed by atoms with Crippen molar-refractivity contribution in [2.45, 2.75) is 43.8 Å². The minimum Gasteiger partial charge on any atom is -0.375 e. The molecule has 2 atom stereocenters. The van der Waals surface area contributed by atoms with Gasteiger partial charge in [0.25, 0.3) is 0 Å². The van der Waals surface area contributed by atoms with E-state index >= 15 is 0 Å². The van der Waals surface area contributed by atoms with Gasteiger partial charge in [-0.05, 0) is 43.9 Å². The molecule has 0 saturated carbocycles. The number of ether oxygens (including phenoxy) is 1. The molecule has 1 aromatic rings. The molecule has 2 unspecified atom stereocenters. The highest BCUT2D eigenvalue weighted by Crippen LogP contribution is 2.38. The van der Waals surface area contributed by atoms with Gasteiger partial charge in [0.2, 0.25) is 0 Å². The van der Waals surface area contributed by atoms with E-state index in [0.717, 1.165) is 21.6 Å². The molecule has 106 valence electrons. The lowest BCUT2D eigenvalue weighted by Crippen LogP contribution is -2.34. The Hall–Kier alpha value is 0.620. The smallest absolute Gasteiger partial charge is 0.0588 e. The van der Waals surface area contributed by atoms with Crippen molar-refractivity contribution in [3.05, 3.63) is 34.3 Å². The molecule has 1 nitrogen and oxygen atoms in total. The lowest BCUT2D eigenvalue weighted by molar-refractivity contribution is 0.0405. The zero-order chi connectivity index (χ0) is 13.9. The molecule has 0 aromatic heterocycles. The van der Waals surface area contributed by atoms with Crippen LogP contribution < -0.4 is 0 Å². The molecule has 1 heterocycles. The zero-order valence-corrected chi connectivity index (χ0v) is 15.8. The van der Waals surface area contributed by atoms with Crippen LogP contribution in [0.15, 0.2) is 28.7 Å². The first-order valence-electron chi connectivity index (χ1n) is 6.63. The van der Waals surface area contributed by atoms with Crippen LogP contribution in [0.25, 0.3) is 0 Å². The Balaban J connectivity index is 2.21. The standard InChI is InChI=1S/C15H19Br3O/c1-11-5-6-14(19-11)8-15(9-16,10-17)12-3-2-4-13(18)7-12/h2-4,7,11,14H,5-6,8-10H2,1H3. The second kappa shape index (κ2) is 7.06. The van der Waals surface area contributed by atoms with Crippen molar-refractivity contribution in [2.75, 3.05) is 10.7 Å². The average molecular weight is 455 g/mol. The van der Waals surface area contributed by atoms with Crippen molar-refractivity contribution >= 4 is 47.8 Å². The first-order chi connectivity index (χ1) is 9.09. The second-order valence-electron chi connectivity index (χ2n) is 5.41. The molecule has 1 aromatic carbocycles. The lowest BCUT2D eigenvalue weighted by Gasteiger charge is -2.33. The van der Waals surface area contributed by atoms with Gasteiger partial charge in [-0.1, -0.05) is 59.9 Å². The van der Waals surface area contributed by atoms with Crippen molar-refractivity contribution in [1.82, 2.24) is 0 Å². The van der Waals surface area contributed by atoms with E-state index in [1.54, 1.807) is 0 Å². The van der Waals surface area contributed by atoms with Gasteiger partial charge in [0.1, 0.15) is 0 Å². The monoisotopic (exact) mass is 452 g/mol. The van der Waals surface area contributed by atoms with Crippen molar-refractivity contribution in [3.8, 4) is 0 Å². The number of rotatable bonds is 5. The van der Waals surface area contributed by atoms with Crippen LogP contribution in [0.3, 0.4) is 0 Å². The number of halogens is 3. The molecule has 1 fully saturated rings. The van der Waals surface area contributed by atoms with E-state index in [9.17, 15) is 0 Å². The summed E-state index contributed by atoms with van der Waals surface area (Å²) in [6.07, 6.45) is 4.21. The van der Waals surface area contributed by atoms with E-state index in [1.165, 1.54) is 18.4 Å². The van der Waals surface area contributed by atoms with Gasteiger partial charge in [-0.25, -0.2) is 0 Å². The Labute approximate surface area is 140 Å². The molecule has 0 spiro atoms. The van der Waals surface area contributed by atoms with Crippen LogP contribution in [-0.2, 0) is 10.2 Å². The predicted octanol–water partition coefficient (Wildman–Crippen LogP) is 5.43. The SMILES string of the molecule is CC1CCC(CC(CBr)(CBr)c2cccc(Br)c2)O1. The van der Waals surface area contributed by atoms with E-state index in [1.807, 2.05) is 0 Å². The van der Waals surface area contributed by atoms with Crippen LogP contribution in [-0.4, -0.2) is 22.9 Å². The summed E-state index contributed by atoms with van der Waals surface area (Å²) >= 11 is 11.0. The first kappa shape index (κ1) is 16.0. The van der Waals surface area contributed by atoms with Crippen LogP contribution in [0, 0.1) is 0 Å². The van der Waals surface area contributed by atoms with Gasteiger partial charge in [-0.15, -0.1) is 0 Å². The summed E-state index contributed by atoms with van der Waals surface area (Å²) in [6.45, 7) is 2.17. The fraction of sp³-hybridized carbons (Fsp3) is 0.600. The number of hydrogen-bond donors (Lipinski definition) is 0. The quantitative estimate of drug-likeness (QED) is 0.539. The maximum atomic E-state index is 6.02. The van der Waals surface area contributed by atoms with E-state index in [-0.39, 0.29) is 5.41 Å². The van der Waals surface area contributed by atoms with Crippen molar-refractivity contribution in [2.24, 2.45) is 0 Å². The number of alkyl halides is 2. The number of hydrogen-bond acceptors (Lipinski definition) is 1. The predicted molar refractivity (Wildman–Crippen MR) is 91.6 cm³/mol. The second-order valence-corrected chi connectivity index (χ2v) is 7.45. The highest BCUT2D eigenvalue weighted by Gasteiger charge is 2.36. The Morgan fingerprint density at radius 3 is 2.53 bits per heavy atom. The highest BCUT2D eigenvalue weighted by molar-refractivity contribution is 9.10. The minimum atomic E-state index is 0.0957. The van der Waals surface area contributed by atoms with Gasteiger partial charge in [-0.2, -0.15) is 0 Å². The topological polar surface area (TPSA) is 9.23 Å². The summed E-state index contributed by atoms with van der Waals surface area (Å²) in [6, 6.07) is 8.62. The van der Waals surface area contributed by atoms with Crippen molar-refractivity contribution in [3.63, 3.8) is 0 Å². The van der Waals surface area contributed by atoms with Crippen LogP contribution in [0.2, 0.25) is 0 Å². The molecule has 19 heavy (non-hydrogen) atoms. The van der Waals surface area contributed by atoms with Gasteiger partial charge in [0.05, 0.1) is 12.2 Å².